The van der Waals surface area contributed by atoms with Gasteiger partial charge in [0.15, 0.2) is 12.4 Å². The van der Waals surface area contributed by atoms with E-state index in [-0.39, 0.29) is 24.5 Å². The Morgan fingerprint density at radius 3 is 2.17 bits per heavy atom. The normalized spacial score (nSPS) is 10.2. The first-order valence-corrected chi connectivity index (χ1v) is 9.73. The largest absolute Gasteiger partial charge is 0.456 e. The van der Waals surface area contributed by atoms with Crippen molar-refractivity contribution in [3.05, 3.63) is 57.5 Å². The molecule has 0 aliphatic heterocycles. The first-order chi connectivity index (χ1) is 13.7. The standard InChI is InChI=1S/C20H18BrClN2O5/c1-12(25)13-2-4-14(5-3-13)23-18(26)8-9-20(28)29-11-19(27)24-15-6-7-16(21)17(22)10-15/h2-7,10H,8-9,11H2,1H3,(H,23,26)(H,24,27). The van der Waals surface area contributed by atoms with Gasteiger partial charge < -0.3 is 15.4 Å². The van der Waals surface area contributed by atoms with E-state index in [9.17, 15) is 19.2 Å². The molecule has 0 radical (unpaired) electrons. The number of hydrogen-bond acceptors (Lipinski definition) is 5. The van der Waals surface area contributed by atoms with E-state index in [4.69, 9.17) is 16.3 Å². The number of amides is 2. The van der Waals surface area contributed by atoms with Crippen LogP contribution in [-0.2, 0) is 19.1 Å². The molecular weight excluding hydrogens is 464 g/mol. The van der Waals surface area contributed by atoms with E-state index < -0.39 is 18.5 Å². The molecule has 7 nitrogen and oxygen atoms in total. The fourth-order valence-corrected chi connectivity index (χ4v) is 2.64. The summed E-state index contributed by atoms with van der Waals surface area (Å²) in [5.41, 5.74) is 1.52. The Labute approximate surface area is 180 Å². The summed E-state index contributed by atoms with van der Waals surface area (Å²) < 4.78 is 5.55. The molecule has 2 aromatic carbocycles. The summed E-state index contributed by atoms with van der Waals surface area (Å²) >= 11 is 9.18. The maximum absolute atomic E-state index is 11.9. The second-order valence-corrected chi connectivity index (χ2v) is 7.28. The van der Waals surface area contributed by atoms with E-state index in [1.165, 1.54) is 6.92 Å². The quantitative estimate of drug-likeness (QED) is 0.434. The molecular formula is C20H18BrClN2O5. The number of carbonyl (C=O) groups is 4. The van der Waals surface area contributed by atoms with Gasteiger partial charge in [-0.25, -0.2) is 0 Å². The number of anilines is 2. The van der Waals surface area contributed by atoms with E-state index in [1.54, 1.807) is 42.5 Å². The van der Waals surface area contributed by atoms with Gasteiger partial charge in [-0.2, -0.15) is 0 Å². The predicted octanol–water partition coefficient (Wildman–Crippen LogP) is 4.21. The van der Waals surface area contributed by atoms with Gasteiger partial charge in [0.1, 0.15) is 0 Å². The Morgan fingerprint density at radius 2 is 1.55 bits per heavy atom. The zero-order valence-corrected chi connectivity index (χ0v) is 17.8. The van der Waals surface area contributed by atoms with Gasteiger partial charge in [0.25, 0.3) is 5.91 Å². The molecule has 0 aliphatic rings. The van der Waals surface area contributed by atoms with Crippen LogP contribution in [0.2, 0.25) is 5.02 Å². The van der Waals surface area contributed by atoms with Crippen LogP contribution in [0, 0.1) is 0 Å². The third kappa shape index (κ3) is 7.67. The lowest BCUT2D eigenvalue weighted by Crippen LogP contribution is -2.21. The highest BCUT2D eigenvalue weighted by Crippen LogP contribution is 2.25. The Bertz CT molecular complexity index is 931. The van der Waals surface area contributed by atoms with Gasteiger partial charge in [0, 0.05) is 27.8 Å². The minimum Gasteiger partial charge on any atom is -0.456 e. The molecule has 0 saturated heterocycles. The zero-order chi connectivity index (χ0) is 21.4. The number of ether oxygens (including phenoxy) is 1. The van der Waals surface area contributed by atoms with Crippen LogP contribution in [0.4, 0.5) is 11.4 Å². The van der Waals surface area contributed by atoms with Gasteiger partial charge >= 0.3 is 5.97 Å². The summed E-state index contributed by atoms with van der Waals surface area (Å²) in [5, 5.41) is 5.60. The smallest absolute Gasteiger partial charge is 0.306 e. The van der Waals surface area contributed by atoms with Crippen molar-refractivity contribution in [3.8, 4) is 0 Å². The highest BCUT2D eigenvalue weighted by molar-refractivity contribution is 9.10. The molecule has 0 heterocycles. The first kappa shape index (κ1) is 22.6. The molecule has 2 N–H and O–H groups in total. The van der Waals surface area contributed by atoms with Crippen molar-refractivity contribution in [2.24, 2.45) is 0 Å². The molecule has 2 aromatic rings. The number of carbonyl (C=O) groups excluding carboxylic acids is 4. The van der Waals surface area contributed by atoms with Crippen LogP contribution in [0.3, 0.4) is 0 Å². The van der Waals surface area contributed by atoms with Crippen LogP contribution in [0.15, 0.2) is 46.9 Å². The number of benzene rings is 2. The summed E-state index contributed by atoms with van der Waals surface area (Å²) in [4.78, 5) is 46.7. The fourth-order valence-electron chi connectivity index (χ4n) is 2.22. The van der Waals surface area contributed by atoms with E-state index in [2.05, 4.69) is 26.6 Å². The Morgan fingerprint density at radius 1 is 0.931 bits per heavy atom. The highest BCUT2D eigenvalue weighted by atomic mass is 79.9. The highest BCUT2D eigenvalue weighted by Gasteiger charge is 2.11. The monoisotopic (exact) mass is 480 g/mol. The lowest BCUT2D eigenvalue weighted by Gasteiger charge is -2.08. The molecule has 0 spiro atoms. The van der Waals surface area contributed by atoms with Gasteiger partial charge in [-0.05, 0) is 65.3 Å². The number of ketones is 1. The van der Waals surface area contributed by atoms with E-state index in [0.29, 0.717) is 26.4 Å². The topological polar surface area (TPSA) is 102 Å². The van der Waals surface area contributed by atoms with Crippen molar-refractivity contribution in [1.29, 1.82) is 0 Å². The number of halogens is 2. The van der Waals surface area contributed by atoms with Crippen LogP contribution in [0.5, 0.6) is 0 Å². The lowest BCUT2D eigenvalue weighted by atomic mass is 10.1. The van der Waals surface area contributed by atoms with Gasteiger partial charge in [-0.3, -0.25) is 19.2 Å². The van der Waals surface area contributed by atoms with Crippen molar-refractivity contribution >= 4 is 62.5 Å². The van der Waals surface area contributed by atoms with E-state index >= 15 is 0 Å². The minimum atomic E-state index is -0.670. The Kier molecular flexibility index (Phi) is 8.35. The fraction of sp³-hybridized carbons (Fsp3) is 0.200. The lowest BCUT2D eigenvalue weighted by molar-refractivity contribution is -0.147. The summed E-state index contributed by atoms with van der Waals surface area (Å²) in [7, 11) is 0. The van der Waals surface area contributed by atoms with Crippen LogP contribution in [0.1, 0.15) is 30.1 Å². The molecule has 2 amide bonds. The maximum atomic E-state index is 11.9. The van der Waals surface area contributed by atoms with Gasteiger partial charge in [0.2, 0.25) is 5.91 Å². The van der Waals surface area contributed by atoms with Gasteiger partial charge in [-0.1, -0.05) is 11.6 Å². The third-order valence-electron chi connectivity index (χ3n) is 3.70. The summed E-state index contributed by atoms with van der Waals surface area (Å²) in [6, 6.07) is 11.3. The number of Topliss-reactive ketones (excluding diaryl/α,β-unsaturated/α-hetero) is 1. The second kappa shape index (κ2) is 10.7. The predicted molar refractivity (Wildman–Crippen MR) is 113 cm³/mol. The molecule has 0 unspecified atom stereocenters. The molecule has 0 fully saturated rings. The number of rotatable bonds is 8. The van der Waals surface area contributed by atoms with Crippen LogP contribution in [0.25, 0.3) is 0 Å². The molecule has 0 aliphatic carbocycles. The Hall–Kier alpha value is -2.71. The summed E-state index contributed by atoms with van der Waals surface area (Å²) in [6.07, 6.45) is -0.272. The molecule has 0 saturated carbocycles. The van der Waals surface area contributed by atoms with Gasteiger partial charge in [-0.15, -0.1) is 0 Å². The molecule has 152 valence electrons. The van der Waals surface area contributed by atoms with E-state index in [1.807, 2.05) is 0 Å². The second-order valence-electron chi connectivity index (χ2n) is 6.02. The van der Waals surface area contributed by atoms with Crippen molar-refractivity contribution in [2.75, 3.05) is 17.2 Å². The van der Waals surface area contributed by atoms with Crippen molar-refractivity contribution in [3.63, 3.8) is 0 Å². The molecule has 0 aromatic heterocycles. The van der Waals surface area contributed by atoms with Crippen molar-refractivity contribution in [2.45, 2.75) is 19.8 Å². The third-order valence-corrected chi connectivity index (χ3v) is 4.93. The van der Waals surface area contributed by atoms with Crippen LogP contribution >= 0.6 is 27.5 Å². The number of hydrogen-bond donors (Lipinski definition) is 2. The minimum absolute atomic E-state index is 0.0714. The van der Waals surface area contributed by atoms with E-state index in [0.717, 1.165) is 0 Å². The summed E-state index contributed by atoms with van der Waals surface area (Å²) in [6.45, 7) is 0.980. The molecule has 29 heavy (non-hydrogen) atoms. The Balaban J connectivity index is 1.70. The maximum Gasteiger partial charge on any atom is 0.306 e. The summed E-state index contributed by atoms with van der Waals surface area (Å²) in [5.74, 6) is -1.65. The molecule has 2 rings (SSSR count). The average molecular weight is 482 g/mol. The average Bonchev–Trinajstić information content (AvgIpc) is 2.68. The van der Waals surface area contributed by atoms with Crippen molar-refractivity contribution in [1.82, 2.24) is 0 Å². The van der Waals surface area contributed by atoms with Crippen LogP contribution in [-0.4, -0.2) is 30.2 Å². The molecule has 0 bridgehead atoms. The molecule has 0 atom stereocenters. The van der Waals surface area contributed by atoms with Gasteiger partial charge in [0.05, 0.1) is 11.4 Å². The number of esters is 1. The zero-order valence-electron chi connectivity index (χ0n) is 15.5. The first-order valence-electron chi connectivity index (χ1n) is 8.56. The number of nitrogens with one attached hydrogen (secondary N) is 2. The van der Waals surface area contributed by atoms with Crippen LogP contribution < -0.4 is 10.6 Å². The molecule has 9 heteroatoms. The van der Waals surface area contributed by atoms with Crippen molar-refractivity contribution < 1.29 is 23.9 Å². The SMILES string of the molecule is CC(=O)c1ccc(NC(=O)CCC(=O)OCC(=O)Nc2ccc(Br)c(Cl)c2)cc1.